The normalized spacial score (nSPS) is 13.7. The Kier molecular flexibility index (Phi) is 8.94. The summed E-state index contributed by atoms with van der Waals surface area (Å²) in [7, 11) is -3.98. The SMILES string of the molecule is CC(=O)c1ccc(S(=O)(=O)N(CC(C)C)C[C@H](O)[C@H](Cc2ccccc2)NC(=O)O)cc1. The molecular formula is C23H30N2O6S. The molecule has 0 fully saturated rings. The summed E-state index contributed by atoms with van der Waals surface area (Å²) >= 11 is 0. The van der Waals surface area contributed by atoms with Crippen LogP contribution in [0.4, 0.5) is 4.79 Å². The van der Waals surface area contributed by atoms with Gasteiger partial charge in [0, 0.05) is 18.7 Å². The minimum Gasteiger partial charge on any atom is -0.465 e. The summed E-state index contributed by atoms with van der Waals surface area (Å²) in [6.07, 6.45) is -2.38. The zero-order valence-corrected chi connectivity index (χ0v) is 19.2. The molecule has 0 aliphatic rings. The van der Waals surface area contributed by atoms with E-state index in [9.17, 15) is 28.2 Å². The second-order valence-electron chi connectivity index (χ2n) is 8.11. The fourth-order valence-electron chi connectivity index (χ4n) is 3.33. The number of Topliss-reactive ketones (excluding diaryl/α,β-unsaturated/α-hetero) is 1. The number of sulfonamides is 1. The van der Waals surface area contributed by atoms with Gasteiger partial charge in [-0.2, -0.15) is 4.31 Å². The lowest BCUT2D eigenvalue weighted by Crippen LogP contribution is -2.50. The third kappa shape index (κ3) is 7.15. The lowest BCUT2D eigenvalue weighted by atomic mass is 10.0. The Hall–Kier alpha value is -2.75. The summed E-state index contributed by atoms with van der Waals surface area (Å²) in [5.74, 6) is -0.208. The van der Waals surface area contributed by atoms with Crippen LogP contribution < -0.4 is 5.32 Å². The number of nitrogens with one attached hydrogen (secondary N) is 1. The molecule has 2 aromatic rings. The molecule has 2 aromatic carbocycles. The Morgan fingerprint density at radius 2 is 1.59 bits per heavy atom. The Balaban J connectivity index is 2.29. The summed E-state index contributed by atoms with van der Waals surface area (Å²) in [5.41, 5.74) is 1.20. The van der Waals surface area contributed by atoms with Crippen LogP contribution >= 0.6 is 0 Å². The molecule has 8 nitrogen and oxygen atoms in total. The van der Waals surface area contributed by atoms with Crippen molar-refractivity contribution in [3.63, 3.8) is 0 Å². The third-order valence-electron chi connectivity index (χ3n) is 4.93. The number of carbonyl (C=O) groups excluding carboxylic acids is 1. The van der Waals surface area contributed by atoms with Crippen LogP contribution in [0.5, 0.6) is 0 Å². The van der Waals surface area contributed by atoms with Crippen molar-refractivity contribution in [3.8, 4) is 0 Å². The molecule has 0 heterocycles. The van der Waals surface area contributed by atoms with Gasteiger partial charge in [-0.05, 0) is 37.0 Å². The molecule has 0 radical (unpaired) electrons. The number of hydrogen-bond donors (Lipinski definition) is 3. The molecular weight excluding hydrogens is 432 g/mol. The Labute approximate surface area is 188 Å². The van der Waals surface area contributed by atoms with Gasteiger partial charge in [-0.1, -0.05) is 56.3 Å². The molecule has 9 heteroatoms. The Morgan fingerprint density at radius 3 is 2.09 bits per heavy atom. The zero-order valence-electron chi connectivity index (χ0n) is 18.4. The number of aliphatic hydroxyl groups excluding tert-OH is 1. The maximum Gasteiger partial charge on any atom is 0.404 e. The minimum absolute atomic E-state index is 0.00107. The van der Waals surface area contributed by atoms with Gasteiger partial charge < -0.3 is 15.5 Å². The highest BCUT2D eigenvalue weighted by atomic mass is 32.2. The van der Waals surface area contributed by atoms with E-state index in [-0.39, 0.29) is 36.1 Å². The monoisotopic (exact) mass is 462 g/mol. The number of benzene rings is 2. The number of ketones is 1. The molecule has 0 saturated carbocycles. The third-order valence-corrected chi connectivity index (χ3v) is 6.78. The fourth-order valence-corrected chi connectivity index (χ4v) is 4.96. The maximum absolute atomic E-state index is 13.3. The van der Waals surface area contributed by atoms with Crippen molar-refractivity contribution in [3.05, 3.63) is 65.7 Å². The predicted octanol–water partition coefficient (Wildman–Crippen LogP) is 2.78. The number of hydrogen-bond acceptors (Lipinski definition) is 5. The molecule has 3 N–H and O–H groups in total. The average Bonchev–Trinajstić information content (AvgIpc) is 2.73. The van der Waals surface area contributed by atoms with Crippen LogP contribution in [0.1, 0.15) is 36.7 Å². The topological polar surface area (TPSA) is 124 Å². The van der Waals surface area contributed by atoms with Crippen molar-refractivity contribution in [1.29, 1.82) is 0 Å². The van der Waals surface area contributed by atoms with Gasteiger partial charge in [0.15, 0.2) is 5.78 Å². The first-order chi connectivity index (χ1) is 15.0. The van der Waals surface area contributed by atoms with E-state index >= 15 is 0 Å². The molecule has 0 aliphatic heterocycles. The van der Waals surface area contributed by atoms with E-state index in [1.54, 1.807) is 12.1 Å². The second kappa shape index (κ2) is 11.2. The van der Waals surface area contributed by atoms with Gasteiger partial charge in [0.1, 0.15) is 0 Å². The van der Waals surface area contributed by atoms with Crippen molar-refractivity contribution in [2.75, 3.05) is 13.1 Å². The standard InChI is InChI=1S/C23H30N2O6S/c1-16(2)14-25(32(30,31)20-11-9-19(10-12-20)17(3)26)15-22(27)21(24-23(28)29)13-18-7-5-4-6-8-18/h4-12,16,21-22,24,27H,13-15H2,1-3H3,(H,28,29)/t21-,22-/m0/s1. The maximum atomic E-state index is 13.3. The highest BCUT2D eigenvalue weighted by molar-refractivity contribution is 7.89. The van der Waals surface area contributed by atoms with Crippen LogP contribution in [0, 0.1) is 5.92 Å². The molecule has 2 rings (SSSR count). The van der Waals surface area contributed by atoms with Gasteiger partial charge >= 0.3 is 6.09 Å². The number of rotatable bonds is 11. The number of nitrogens with zero attached hydrogens (tertiary/aromatic N) is 1. The van der Waals surface area contributed by atoms with E-state index in [1.165, 1.54) is 31.2 Å². The number of carboxylic acid groups (broad SMARTS) is 1. The highest BCUT2D eigenvalue weighted by Crippen LogP contribution is 2.20. The van der Waals surface area contributed by atoms with Gasteiger partial charge in [-0.25, -0.2) is 13.2 Å². The van der Waals surface area contributed by atoms with Gasteiger partial charge in [0.2, 0.25) is 10.0 Å². The van der Waals surface area contributed by atoms with Crippen molar-refractivity contribution >= 4 is 21.9 Å². The van der Waals surface area contributed by atoms with Crippen LogP contribution in [0.25, 0.3) is 0 Å². The van der Waals surface area contributed by atoms with Crippen LogP contribution in [0.15, 0.2) is 59.5 Å². The van der Waals surface area contributed by atoms with Crippen LogP contribution in [0.3, 0.4) is 0 Å². The minimum atomic E-state index is -3.98. The van der Waals surface area contributed by atoms with Crippen LogP contribution in [-0.2, 0) is 16.4 Å². The summed E-state index contributed by atoms with van der Waals surface area (Å²) in [4.78, 5) is 22.8. The van der Waals surface area contributed by atoms with Gasteiger partial charge in [0.05, 0.1) is 17.0 Å². The Bertz CT molecular complexity index is 1010. The molecule has 32 heavy (non-hydrogen) atoms. The van der Waals surface area contributed by atoms with Crippen molar-refractivity contribution in [1.82, 2.24) is 9.62 Å². The first-order valence-corrected chi connectivity index (χ1v) is 11.8. The van der Waals surface area contributed by atoms with Crippen LogP contribution in [0.2, 0.25) is 0 Å². The molecule has 0 bridgehead atoms. The van der Waals surface area contributed by atoms with E-state index in [4.69, 9.17) is 0 Å². The largest absolute Gasteiger partial charge is 0.465 e. The van der Waals surface area contributed by atoms with E-state index in [0.717, 1.165) is 9.87 Å². The zero-order chi connectivity index (χ0) is 23.9. The summed E-state index contributed by atoms with van der Waals surface area (Å²) in [6, 6.07) is 13.8. The fraction of sp³-hybridized carbons (Fsp3) is 0.391. The molecule has 0 saturated heterocycles. The second-order valence-corrected chi connectivity index (χ2v) is 10.0. The molecule has 1 amide bonds. The Morgan fingerprint density at radius 1 is 1.00 bits per heavy atom. The highest BCUT2D eigenvalue weighted by Gasteiger charge is 2.31. The van der Waals surface area contributed by atoms with Gasteiger partial charge in [-0.3, -0.25) is 4.79 Å². The molecule has 0 aliphatic carbocycles. The number of aliphatic hydroxyl groups is 1. The van der Waals surface area contributed by atoms with Gasteiger partial charge in [-0.15, -0.1) is 0 Å². The van der Waals surface area contributed by atoms with E-state index in [1.807, 2.05) is 32.0 Å². The molecule has 0 spiro atoms. The number of carbonyl (C=O) groups is 2. The van der Waals surface area contributed by atoms with Crippen molar-refractivity contribution < 1.29 is 28.2 Å². The first-order valence-electron chi connectivity index (χ1n) is 10.3. The predicted molar refractivity (Wildman–Crippen MR) is 121 cm³/mol. The molecule has 0 aromatic heterocycles. The van der Waals surface area contributed by atoms with Gasteiger partial charge in [0.25, 0.3) is 0 Å². The number of amides is 1. The lowest BCUT2D eigenvalue weighted by molar-refractivity contribution is 0.0980. The quantitative estimate of drug-likeness (QED) is 0.441. The molecule has 2 atom stereocenters. The summed E-state index contributed by atoms with van der Waals surface area (Å²) < 4.78 is 27.7. The van der Waals surface area contributed by atoms with E-state index in [2.05, 4.69) is 5.32 Å². The molecule has 174 valence electrons. The average molecular weight is 463 g/mol. The summed E-state index contributed by atoms with van der Waals surface area (Å²) in [5, 5.41) is 22.4. The van der Waals surface area contributed by atoms with Crippen LogP contribution in [-0.4, -0.2) is 60.0 Å². The first kappa shape index (κ1) is 25.5. The smallest absolute Gasteiger partial charge is 0.404 e. The van der Waals surface area contributed by atoms with E-state index < -0.39 is 28.3 Å². The van der Waals surface area contributed by atoms with Crippen molar-refractivity contribution in [2.24, 2.45) is 5.92 Å². The molecule has 0 unspecified atom stereocenters. The lowest BCUT2D eigenvalue weighted by Gasteiger charge is -2.30. The summed E-state index contributed by atoms with van der Waals surface area (Å²) in [6.45, 7) is 4.95. The van der Waals surface area contributed by atoms with E-state index in [0.29, 0.717) is 5.56 Å². The van der Waals surface area contributed by atoms with Crippen molar-refractivity contribution in [2.45, 2.75) is 44.2 Å².